The highest BCUT2D eigenvalue weighted by Crippen LogP contribution is 2.01. The van der Waals surface area contributed by atoms with E-state index in [0.29, 0.717) is 0 Å². The lowest BCUT2D eigenvalue weighted by molar-refractivity contribution is 0.537. The van der Waals surface area contributed by atoms with Crippen LogP contribution in [0.3, 0.4) is 0 Å². The second kappa shape index (κ2) is 8.09. The third-order valence-corrected chi connectivity index (χ3v) is 1.66. The predicted molar refractivity (Wildman–Crippen MR) is 51.9 cm³/mol. The van der Waals surface area contributed by atoms with Gasteiger partial charge < -0.3 is 5.32 Å². The Labute approximate surface area is 74.8 Å². The molecule has 2 heteroatoms. The van der Waals surface area contributed by atoms with E-state index in [0.717, 1.165) is 19.0 Å². The fourth-order valence-corrected chi connectivity index (χ4v) is 0.954. The minimum Gasteiger partial charge on any atom is -0.313 e. The smallest absolute Gasteiger partial charge is 0.0146 e. The molecule has 0 bridgehead atoms. The van der Waals surface area contributed by atoms with Crippen molar-refractivity contribution >= 4 is 11.6 Å². The molecule has 0 unspecified atom stereocenters. The highest BCUT2D eigenvalue weighted by atomic mass is 35.5. The van der Waals surface area contributed by atoms with Gasteiger partial charge in [-0.3, -0.25) is 0 Å². The molecule has 0 aliphatic rings. The van der Waals surface area contributed by atoms with Gasteiger partial charge in [0.2, 0.25) is 0 Å². The Bertz CT molecular complexity index is 99.7. The van der Waals surface area contributed by atoms with Crippen LogP contribution in [0.15, 0.2) is 11.6 Å². The Morgan fingerprint density at radius 3 is 2.73 bits per heavy atom. The molecule has 0 spiro atoms. The van der Waals surface area contributed by atoms with E-state index in [1.807, 2.05) is 6.08 Å². The van der Waals surface area contributed by atoms with Crippen molar-refractivity contribution in [3.8, 4) is 0 Å². The van der Waals surface area contributed by atoms with Crippen molar-refractivity contribution < 1.29 is 0 Å². The molecule has 1 N–H and O–H groups in total. The molecule has 0 aliphatic heterocycles. The van der Waals surface area contributed by atoms with Crippen molar-refractivity contribution in [3.05, 3.63) is 11.6 Å². The fourth-order valence-electron chi connectivity index (χ4n) is 0.865. The van der Waals surface area contributed by atoms with Crippen LogP contribution < -0.4 is 5.32 Å². The molecule has 0 aromatic carbocycles. The Morgan fingerprint density at radius 1 is 1.45 bits per heavy atom. The summed E-state index contributed by atoms with van der Waals surface area (Å²) in [6, 6.07) is 0. The number of hydrogen-bond acceptors (Lipinski definition) is 1. The molecular weight excluding hydrogens is 158 g/mol. The Balaban J connectivity index is 2.91. The van der Waals surface area contributed by atoms with Crippen molar-refractivity contribution in [2.75, 3.05) is 13.1 Å². The number of rotatable bonds is 6. The first-order chi connectivity index (χ1) is 5.27. The summed E-state index contributed by atoms with van der Waals surface area (Å²) in [5.74, 6) is 0.820. The maximum Gasteiger partial charge on any atom is 0.0146 e. The van der Waals surface area contributed by atoms with Crippen LogP contribution in [0.25, 0.3) is 0 Å². The average molecular weight is 176 g/mol. The van der Waals surface area contributed by atoms with Gasteiger partial charge in [-0.2, -0.15) is 0 Å². The molecule has 0 aromatic heterocycles. The van der Waals surface area contributed by atoms with E-state index in [4.69, 9.17) is 11.6 Å². The molecule has 0 aliphatic carbocycles. The molecule has 0 saturated carbocycles. The van der Waals surface area contributed by atoms with Gasteiger partial charge in [0, 0.05) is 12.1 Å². The summed E-state index contributed by atoms with van der Waals surface area (Å²) in [4.78, 5) is 0. The monoisotopic (exact) mass is 175 g/mol. The third kappa shape index (κ3) is 9.99. The van der Waals surface area contributed by atoms with Crippen LogP contribution in [-0.2, 0) is 0 Å². The summed E-state index contributed by atoms with van der Waals surface area (Å²) in [5, 5.41) is 3.27. The van der Waals surface area contributed by atoms with Crippen molar-refractivity contribution in [3.63, 3.8) is 0 Å². The van der Waals surface area contributed by atoms with E-state index in [2.05, 4.69) is 19.2 Å². The van der Waals surface area contributed by atoms with Crippen LogP contribution in [0.5, 0.6) is 0 Å². The maximum absolute atomic E-state index is 5.34. The molecule has 0 heterocycles. The van der Waals surface area contributed by atoms with Crippen molar-refractivity contribution in [1.29, 1.82) is 0 Å². The molecule has 0 amide bonds. The lowest BCUT2D eigenvalue weighted by atomic mass is 10.1. The minimum absolute atomic E-state index is 0.820. The van der Waals surface area contributed by atoms with Crippen LogP contribution in [0, 0.1) is 5.92 Å². The van der Waals surface area contributed by atoms with Crippen LogP contribution in [0.1, 0.15) is 26.7 Å². The van der Waals surface area contributed by atoms with Gasteiger partial charge in [0.05, 0.1) is 0 Å². The molecule has 0 saturated heterocycles. The lowest BCUT2D eigenvalue weighted by Gasteiger charge is -2.03. The predicted octanol–water partition coefficient (Wildman–Crippen LogP) is 2.76. The fraction of sp³-hybridized carbons (Fsp3) is 0.778. The van der Waals surface area contributed by atoms with Gasteiger partial charge in [-0.25, -0.2) is 0 Å². The Kier molecular flexibility index (Phi) is 8.08. The topological polar surface area (TPSA) is 12.0 Å². The standard InChI is InChI=1S/C9H18ClN/c1-9(2)5-3-7-11-8-4-6-10/h4,6,9,11H,3,5,7-8H2,1-2H3/b6-4+. The van der Waals surface area contributed by atoms with E-state index < -0.39 is 0 Å². The molecule has 1 nitrogen and oxygen atoms in total. The summed E-state index contributed by atoms with van der Waals surface area (Å²) in [7, 11) is 0. The molecule has 11 heavy (non-hydrogen) atoms. The third-order valence-electron chi connectivity index (χ3n) is 1.49. The van der Waals surface area contributed by atoms with Crippen LogP contribution in [0.4, 0.5) is 0 Å². The molecule has 0 aromatic rings. The first-order valence-electron chi connectivity index (χ1n) is 4.23. The Morgan fingerprint density at radius 2 is 2.18 bits per heavy atom. The molecule has 0 rings (SSSR count). The second-order valence-electron chi connectivity index (χ2n) is 3.10. The average Bonchev–Trinajstić information content (AvgIpc) is 1.96. The quantitative estimate of drug-likeness (QED) is 0.613. The van der Waals surface area contributed by atoms with Crippen molar-refractivity contribution in [2.24, 2.45) is 5.92 Å². The van der Waals surface area contributed by atoms with Crippen LogP contribution >= 0.6 is 11.6 Å². The molecule has 66 valence electrons. The van der Waals surface area contributed by atoms with E-state index in [1.54, 1.807) is 5.54 Å². The normalized spacial score (nSPS) is 11.6. The number of nitrogens with one attached hydrogen (secondary N) is 1. The second-order valence-corrected chi connectivity index (χ2v) is 3.35. The van der Waals surface area contributed by atoms with Gasteiger partial charge in [-0.15, -0.1) is 0 Å². The van der Waals surface area contributed by atoms with Crippen molar-refractivity contribution in [1.82, 2.24) is 5.32 Å². The van der Waals surface area contributed by atoms with E-state index in [-0.39, 0.29) is 0 Å². The van der Waals surface area contributed by atoms with Gasteiger partial charge in [0.15, 0.2) is 0 Å². The SMILES string of the molecule is CC(C)CCCNC/C=C/Cl. The summed E-state index contributed by atoms with van der Waals surface area (Å²) in [6.45, 7) is 6.48. The van der Waals surface area contributed by atoms with Gasteiger partial charge in [-0.1, -0.05) is 31.5 Å². The summed E-state index contributed by atoms with van der Waals surface area (Å²) in [6.07, 6.45) is 4.47. The van der Waals surface area contributed by atoms with Crippen LogP contribution in [0.2, 0.25) is 0 Å². The van der Waals surface area contributed by atoms with E-state index in [1.165, 1.54) is 12.8 Å². The molecule has 0 radical (unpaired) electrons. The maximum atomic E-state index is 5.34. The highest BCUT2D eigenvalue weighted by molar-refractivity contribution is 6.25. The van der Waals surface area contributed by atoms with E-state index >= 15 is 0 Å². The zero-order chi connectivity index (χ0) is 8.53. The van der Waals surface area contributed by atoms with Gasteiger partial charge in [-0.05, 0) is 25.3 Å². The Hall–Kier alpha value is -0.0100. The molecule has 0 atom stereocenters. The van der Waals surface area contributed by atoms with Gasteiger partial charge in [0.1, 0.15) is 0 Å². The summed E-state index contributed by atoms with van der Waals surface area (Å²) < 4.78 is 0. The highest BCUT2D eigenvalue weighted by Gasteiger charge is 1.91. The van der Waals surface area contributed by atoms with Gasteiger partial charge in [0.25, 0.3) is 0 Å². The van der Waals surface area contributed by atoms with Crippen molar-refractivity contribution in [2.45, 2.75) is 26.7 Å². The largest absolute Gasteiger partial charge is 0.313 e. The summed E-state index contributed by atoms with van der Waals surface area (Å²) >= 11 is 5.34. The van der Waals surface area contributed by atoms with Gasteiger partial charge >= 0.3 is 0 Å². The number of hydrogen-bond donors (Lipinski definition) is 1. The van der Waals surface area contributed by atoms with Crippen LogP contribution in [-0.4, -0.2) is 13.1 Å². The lowest BCUT2D eigenvalue weighted by Crippen LogP contribution is -2.15. The zero-order valence-corrected chi connectivity index (χ0v) is 8.19. The minimum atomic E-state index is 0.820. The first-order valence-corrected chi connectivity index (χ1v) is 4.67. The zero-order valence-electron chi connectivity index (χ0n) is 7.44. The molecular formula is C9H18ClN. The summed E-state index contributed by atoms with van der Waals surface area (Å²) in [5.41, 5.74) is 1.55. The number of halogens is 1. The van der Waals surface area contributed by atoms with E-state index in [9.17, 15) is 0 Å². The first kappa shape index (κ1) is 11.0. The molecule has 0 fully saturated rings.